The third-order valence-electron chi connectivity index (χ3n) is 4.95. The smallest absolute Gasteiger partial charge is 0.315 e. The third-order valence-corrected chi connectivity index (χ3v) is 6.46. The molecule has 3 fully saturated rings. The summed E-state index contributed by atoms with van der Waals surface area (Å²) in [5.41, 5.74) is 0. The molecule has 3 heterocycles. The van der Waals surface area contributed by atoms with E-state index < -0.39 is 0 Å². The van der Waals surface area contributed by atoms with Gasteiger partial charge in [-0.05, 0) is 32.1 Å². The molecule has 24 heavy (non-hydrogen) atoms. The van der Waals surface area contributed by atoms with Gasteiger partial charge in [-0.15, -0.1) is 0 Å². The van der Waals surface area contributed by atoms with Crippen molar-refractivity contribution in [2.75, 3.05) is 12.3 Å². The van der Waals surface area contributed by atoms with Gasteiger partial charge >= 0.3 is 6.03 Å². The Bertz CT molecular complexity index is 502. The highest BCUT2D eigenvalue weighted by Crippen LogP contribution is 2.33. The number of carbonyl (C=O) groups excluding carboxylic acids is 3. The lowest BCUT2D eigenvalue weighted by atomic mass is 10.0. The highest BCUT2D eigenvalue weighted by Gasteiger charge is 2.42. The summed E-state index contributed by atoms with van der Waals surface area (Å²) in [4.78, 5) is 35.2. The van der Waals surface area contributed by atoms with Crippen LogP contribution in [0.5, 0.6) is 0 Å². The van der Waals surface area contributed by atoms with Crippen LogP contribution < -0.4 is 21.3 Å². The summed E-state index contributed by atoms with van der Waals surface area (Å²) >= 11 is 1.90. The van der Waals surface area contributed by atoms with Crippen molar-refractivity contribution in [3.63, 3.8) is 0 Å². The van der Waals surface area contributed by atoms with Gasteiger partial charge < -0.3 is 21.3 Å². The number of hydrogen-bond acceptors (Lipinski definition) is 4. The normalized spacial score (nSPS) is 32.3. The van der Waals surface area contributed by atoms with E-state index in [9.17, 15) is 14.4 Å². The van der Waals surface area contributed by atoms with Crippen molar-refractivity contribution in [1.82, 2.24) is 21.3 Å². The second-order valence-electron chi connectivity index (χ2n) is 6.77. The zero-order valence-corrected chi connectivity index (χ0v) is 14.6. The maximum atomic E-state index is 12.0. The molecule has 8 heteroatoms. The van der Waals surface area contributed by atoms with E-state index in [-0.39, 0.29) is 36.0 Å². The highest BCUT2D eigenvalue weighted by molar-refractivity contribution is 8.00. The standard InChI is InChI=1S/C16H26N4O3S/c21-13(18-10-5-3-4-8-17-15(10)22)7-2-1-6-12-14-11(9-24-12)19-16(23)20-14/h10-12,14H,1-9H2,(H,17,22)(H,18,21)(H2,19,20,23)/t10-,11-,12-,14-/m0/s1. The maximum absolute atomic E-state index is 12.0. The van der Waals surface area contributed by atoms with Crippen molar-refractivity contribution in [2.24, 2.45) is 0 Å². The second-order valence-corrected chi connectivity index (χ2v) is 8.05. The van der Waals surface area contributed by atoms with Crippen molar-refractivity contribution in [2.45, 2.75) is 68.3 Å². The van der Waals surface area contributed by atoms with E-state index in [1.807, 2.05) is 11.8 Å². The first-order valence-electron chi connectivity index (χ1n) is 8.89. The fourth-order valence-electron chi connectivity index (χ4n) is 3.62. The monoisotopic (exact) mass is 354 g/mol. The Morgan fingerprint density at radius 3 is 2.96 bits per heavy atom. The molecule has 134 valence electrons. The van der Waals surface area contributed by atoms with Gasteiger partial charge in [0.05, 0.1) is 12.1 Å². The van der Waals surface area contributed by atoms with Crippen molar-refractivity contribution in [1.29, 1.82) is 0 Å². The average molecular weight is 354 g/mol. The Labute approximate surface area is 146 Å². The third kappa shape index (κ3) is 4.34. The summed E-state index contributed by atoms with van der Waals surface area (Å²) < 4.78 is 0. The first kappa shape index (κ1) is 17.4. The lowest BCUT2D eigenvalue weighted by molar-refractivity contribution is -0.128. The van der Waals surface area contributed by atoms with Crippen LogP contribution >= 0.6 is 11.8 Å². The molecular formula is C16H26N4O3S. The lowest BCUT2D eigenvalue weighted by Gasteiger charge is -2.17. The van der Waals surface area contributed by atoms with Gasteiger partial charge in [0.15, 0.2) is 0 Å². The average Bonchev–Trinajstić information content (AvgIpc) is 3.02. The Balaban J connectivity index is 1.32. The van der Waals surface area contributed by atoms with Crippen LogP contribution in [0.2, 0.25) is 0 Å². The van der Waals surface area contributed by atoms with Gasteiger partial charge in [0, 0.05) is 24.0 Å². The van der Waals surface area contributed by atoms with Crippen LogP contribution in [0.4, 0.5) is 4.79 Å². The van der Waals surface area contributed by atoms with Crippen LogP contribution in [0.25, 0.3) is 0 Å². The van der Waals surface area contributed by atoms with Gasteiger partial charge in [-0.25, -0.2) is 4.79 Å². The summed E-state index contributed by atoms with van der Waals surface area (Å²) in [6.45, 7) is 0.706. The minimum atomic E-state index is -0.370. The van der Waals surface area contributed by atoms with E-state index in [1.54, 1.807) is 0 Å². The molecule has 0 radical (unpaired) electrons. The molecular weight excluding hydrogens is 328 g/mol. The van der Waals surface area contributed by atoms with Crippen molar-refractivity contribution in [3.8, 4) is 0 Å². The molecule has 3 rings (SSSR count). The fourth-order valence-corrected chi connectivity index (χ4v) is 5.16. The Morgan fingerprint density at radius 1 is 1.21 bits per heavy atom. The molecule has 3 saturated heterocycles. The number of fused-ring (bicyclic) bond motifs is 1. The molecule has 0 bridgehead atoms. The summed E-state index contributed by atoms with van der Waals surface area (Å²) in [7, 11) is 0. The molecule has 0 aromatic carbocycles. The molecule has 7 nitrogen and oxygen atoms in total. The molecule has 4 atom stereocenters. The Hall–Kier alpha value is -1.44. The number of amides is 4. The lowest BCUT2D eigenvalue weighted by Crippen LogP contribution is -2.45. The van der Waals surface area contributed by atoms with Crippen LogP contribution in [0.15, 0.2) is 0 Å². The summed E-state index contributed by atoms with van der Waals surface area (Å²) in [5, 5.41) is 12.0. The van der Waals surface area contributed by atoms with Crippen LogP contribution in [0.3, 0.4) is 0 Å². The fraction of sp³-hybridized carbons (Fsp3) is 0.812. The van der Waals surface area contributed by atoms with Crippen LogP contribution in [-0.4, -0.2) is 53.5 Å². The Morgan fingerprint density at radius 2 is 2.08 bits per heavy atom. The SMILES string of the molecule is O=C(CCCC[C@@H]1SC[C@@H]2NC(=O)N[C@@H]21)N[C@H]1CCCCNC1=O. The molecule has 0 aromatic heterocycles. The zero-order valence-electron chi connectivity index (χ0n) is 13.8. The largest absolute Gasteiger partial charge is 0.354 e. The minimum absolute atomic E-state index is 0.0372. The number of unbranched alkanes of at least 4 members (excludes halogenated alkanes) is 1. The number of hydrogen-bond donors (Lipinski definition) is 4. The molecule has 3 aliphatic rings. The van der Waals surface area contributed by atoms with Gasteiger partial charge in [-0.2, -0.15) is 11.8 Å². The Kier molecular flexibility index (Phi) is 5.86. The van der Waals surface area contributed by atoms with Gasteiger partial charge in [0.2, 0.25) is 11.8 Å². The van der Waals surface area contributed by atoms with Gasteiger partial charge in [0.25, 0.3) is 0 Å². The maximum Gasteiger partial charge on any atom is 0.315 e. The minimum Gasteiger partial charge on any atom is -0.354 e. The van der Waals surface area contributed by atoms with Crippen LogP contribution in [0, 0.1) is 0 Å². The van der Waals surface area contributed by atoms with E-state index in [0.29, 0.717) is 18.2 Å². The van der Waals surface area contributed by atoms with E-state index in [0.717, 1.165) is 44.3 Å². The van der Waals surface area contributed by atoms with Gasteiger partial charge in [-0.1, -0.05) is 6.42 Å². The number of urea groups is 1. The van der Waals surface area contributed by atoms with E-state index in [2.05, 4.69) is 21.3 Å². The van der Waals surface area contributed by atoms with Gasteiger partial charge in [-0.3, -0.25) is 9.59 Å². The molecule has 0 unspecified atom stereocenters. The number of thioether (sulfide) groups is 1. The van der Waals surface area contributed by atoms with E-state index in [4.69, 9.17) is 0 Å². The quantitative estimate of drug-likeness (QED) is 0.412. The zero-order chi connectivity index (χ0) is 16.9. The number of carbonyl (C=O) groups is 3. The molecule has 4 N–H and O–H groups in total. The van der Waals surface area contributed by atoms with Crippen molar-refractivity contribution < 1.29 is 14.4 Å². The van der Waals surface area contributed by atoms with Crippen LogP contribution in [0.1, 0.15) is 44.9 Å². The topological polar surface area (TPSA) is 99.3 Å². The van der Waals surface area contributed by atoms with Gasteiger partial charge in [0.1, 0.15) is 6.04 Å². The number of rotatable bonds is 6. The van der Waals surface area contributed by atoms with E-state index >= 15 is 0 Å². The summed E-state index contributed by atoms with van der Waals surface area (Å²) in [6, 6.07) is 0.0536. The summed E-state index contributed by atoms with van der Waals surface area (Å²) in [6.07, 6.45) is 5.91. The second kappa shape index (κ2) is 8.09. The first-order chi connectivity index (χ1) is 11.6. The predicted molar refractivity (Wildman–Crippen MR) is 92.7 cm³/mol. The first-order valence-corrected chi connectivity index (χ1v) is 9.94. The molecule has 4 amide bonds. The van der Waals surface area contributed by atoms with E-state index in [1.165, 1.54) is 0 Å². The number of nitrogens with one attached hydrogen (secondary N) is 4. The van der Waals surface area contributed by atoms with Crippen LogP contribution in [-0.2, 0) is 9.59 Å². The molecule has 0 spiro atoms. The predicted octanol–water partition coefficient (Wildman–Crippen LogP) is 0.497. The summed E-state index contributed by atoms with van der Waals surface area (Å²) in [5.74, 6) is 0.870. The van der Waals surface area contributed by atoms with Crippen molar-refractivity contribution >= 4 is 29.6 Å². The molecule has 0 saturated carbocycles. The highest BCUT2D eigenvalue weighted by atomic mass is 32.2. The molecule has 0 aromatic rings. The molecule has 3 aliphatic heterocycles. The van der Waals surface area contributed by atoms with Crippen molar-refractivity contribution in [3.05, 3.63) is 0 Å². The molecule has 0 aliphatic carbocycles.